The first-order valence-corrected chi connectivity index (χ1v) is 6.55. The Morgan fingerprint density at radius 1 is 1.36 bits per heavy atom. The minimum atomic E-state index is -4.47. The maximum Gasteiger partial charge on any atom is 0.416 e. The maximum atomic E-state index is 12.6. The molecule has 120 valence electrons. The van der Waals surface area contributed by atoms with Gasteiger partial charge >= 0.3 is 12.1 Å². The zero-order valence-electron chi connectivity index (χ0n) is 11.5. The van der Waals surface area contributed by atoms with Gasteiger partial charge in [-0.1, -0.05) is 18.2 Å². The minimum Gasteiger partial charge on any atom is -0.479 e. The molecule has 22 heavy (non-hydrogen) atoms. The first-order chi connectivity index (χ1) is 10.3. The van der Waals surface area contributed by atoms with Crippen LogP contribution in [0.3, 0.4) is 0 Å². The van der Waals surface area contributed by atoms with Gasteiger partial charge in [0.2, 0.25) is 5.91 Å². The second-order valence-electron chi connectivity index (χ2n) is 4.91. The van der Waals surface area contributed by atoms with E-state index in [-0.39, 0.29) is 31.7 Å². The number of halogens is 3. The zero-order valence-corrected chi connectivity index (χ0v) is 11.5. The summed E-state index contributed by atoms with van der Waals surface area (Å²) in [5, 5.41) is 8.87. The highest BCUT2D eigenvalue weighted by atomic mass is 19.4. The van der Waals surface area contributed by atoms with E-state index in [0.717, 1.165) is 12.1 Å². The van der Waals surface area contributed by atoms with Gasteiger partial charge in [0.1, 0.15) is 0 Å². The zero-order chi connectivity index (χ0) is 16.3. The summed E-state index contributed by atoms with van der Waals surface area (Å²) >= 11 is 0. The van der Waals surface area contributed by atoms with Crippen LogP contribution < -0.4 is 0 Å². The average Bonchev–Trinajstić information content (AvgIpc) is 2.46. The third-order valence-corrected chi connectivity index (χ3v) is 3.30. The molecule has 0 aliphatic carbocycles. The number of ether oxygens (including phenoxy) is 1. The van der Waals surface area contributed by atoms with Crippen LogP contribution in [0.1, 0.15) is 11.1 Å². The highest BCUT2D eigenvalue weighted by Crippen LogP contribution is 2.29. The lowest BCUT2D eigenvalue weighted by atomic mass is 10.1. The molecule has 0 radical (unpaired) electrons. The predicted molar refractivity (Wildman–Crippen MR) is 69.1 cm³/mol. The SMILES string of the molecule is O=C(O)[C@H]1CN(C(=O)Cc2cccc(C(F)(F)F)c2)CCO1. The van der Waals surface area contributed by atoms with Crippen LogP contribution in [0.25, 0.3) is 0 Å². The van der Waals surface area contributed by atoms with Crippen LogP contribution >= 0.6 is 0 Å². The Morgan fingerprint density at radius 2 is 2.09 bits per heavy atom. The fourth-order valence-corrected chi connectivity index (χ4v) is 2.17. The van der Waals surface area contributed by atoms with E-state index in [1.807, 2.05) is 0 Å². The van der Waals surface area contributed by atoms with Crippen LogP contribution in [0.5, 0.6) is 0 Å². The lowest BCUT2D eigenvalue weighted by Crippen LogP contribution is -2.49. The first kappa shape index (κ1) is 16.3. The van der Waals surface area contributed by atoms with Gasteiger partial charge in [-0.2, -0.15) is 13.2 Å². The Bertz CT molecular complexity index is 573. The monoisotopic (exact) mass is 317 g/mol. The lowest BCUT2D eigenvalue weighted by Gasteiger charge is -2.31. The third-order valence-electron chi connectivity index (χ3n) is 3.30. The highest BCUT2D eigenvalue weighted by Gasteiger charge is 2.31. The van der Waals surface area contributed by atoms with Gasteiger partial charge in [-0.15, -0.1) is 0 Å². The molecule has 0 bridgehead atoms. The number of benzene rings is 1. The van der Waals surface area contributed by atoms with Crippen LogP contribution in [0.4, 0.5) is 13.2 Å². The molecule has 0 saturated carbocycles. The molecule has 5 nitrogen and oxygen atoms in total. The molecule has 1 atom stereocenters. The molecule has 1 heterocycles. The highest BCUT2D eigenvalue weighted by molar-refractivity contribution is 5.80. The Kier molecular flexibility index (Phi) is 4.70. The quantitative estimate of drug-likeness (QED) is 0.919. The summed E-state index contributed by atoms with van der Waals surface area (Å²) in [5.74, 6) is -1.59. The van der Waals surface area contributed by atoms with Crippen LogP contribution in [-0.4, -0.2) is 47.7 Å². The Balaban J connectivity index is 2.04. The molecule has 1 aromatic carbocycles. The van der Waals surface area contributed by atoms with Crippen molar-refractivity contribution < 1.29 is 32.6 Å². The van der Waals surface area contributed by atoms with E-state index in [1.165, 1.54) is 17.0 Å². The number of carboxylic acid groups (broad SMARTS) is 1. The second-order valence-corrected chi connectivity index (χ2v) is 4.91. The molecular formula is C14H14F3NO4. The summed E-state index contributed by atoms with van der Waals surface area (Å²) in [4.78, 5) is 24.2. The normalized spacial score (nSPS) is 19.0. The molecule has 0 aromatic heterocycles. The number of amides is 1. The van der Waals surface area contributed by atoms with Crippen LogP contribution in [0.15, 0.2) is 24.3 Å². The number of rotatable bonds is 3. The third kappa shape index (κ3) is 3.97. The van der Waals surface area contributed by atoms with E-state index in [4.69, 9.17) is 9.84 Å². The number of carboxylic acids is 1. The molecule has 1 aliphatic heterocycles. The fourth-order valence-electron chi connectivity index (χ4n) is 2.17. The summed E-state index contributed by atoms with van der Waals surface area (Å²) < 4.78 is 42.9. The molecule has 1 aromatic rings. The molecule has 1 aliphatic rings. The molecule has 1 N–H and O–H groups in total. The van der Waals surface area contributed by atoms with Crippen LogP contribution in [0, 0.1) is 0 Å². The number of carbonyl (C=O) groups excluding carboxylic acids is 1. The summed E-state index contributed by atoms with van der Waals surface area (Å²) in [6.07, 6.45) is -5.78. The number of alkyl halides is 3. The largest absolute Gasteiger partial charge is 0.479 e. The van der Waals surface area contributed by atoms with Crippen molar-refractivity contribution in [2.45, 2.75) is 18.7 Å². The predicted octanol–water partition coefficient (Wildman–Crippen LogP) is 1.56. The van der Waals surface area contributed by atoms with Crippen molar-refractivity contribution in [3.05, 3.63) is 35.4 Å². The molecule has 0 unspecified atom stereocenters. The molecular weight excluding hydrogens is 303 g/mol. The van der Waals surface area contributed by atoms with Gasteiger partial charge in [-0.05, 0) is 11.6 Å². The van der Waals surface area contributed by atoms with Crippen LogP contribution in [-0.2, 0) is 26.9 Å². The van der Waals surface area contributed by atoms with Crippen molar-refractivity contribution in [2.75, 3.05) is 19.7 Å². The second kappa shape index (κ2) is 6.35. The van der Waals surface area contributed by atoms with Crippen LogP contribution in [0.2, 0.25) is 0 Å². The van der Waals surface area contributed by atoms with E-state index in [2.05, 4.69) is 0 Å². The van der Waals surface area contributed by atoms with Crippen molar-refractivity contribution in [1.82, 2.24) is 4.90 Å². The molecule has 0 spiro atoms. The van der Waals surface area contributed by atoms with E-state index < -0.39 is 29.7 Å². The van der Waals surface area contributed by atoms with Crippen molar-refractivity contribution in [2.24, 2.45) is 0 Å². The molecule has 1 fully saturated rings. The number of morpholine rings is 1. The smallest absolute Gasteiger partial charge is 0.416 e. The van der Waals surface area contributed by atoms with Gasteiger partial charge in [-0.3, -0.25) is 4.79 Å². The van der Waals surface area contributed by atoms with E-state index >= 15 is 0 Å². The number of hydrogen-bond donors (Lipinski definition) is 1. The minimum absolute atomic E-state index is 0.0886. The van der Waals surface area contributed by atoms with Gasteiger partial charge < -0.3 is 14.7 Å². The van der Waals surface area contributed by atoms with Crippen molar-refractivity contribution in [1.29, 1.82) is 0 Å². The van der Waals surface area contributed by atoms with Gasteiger partial charge in [0.15, 0.2) is 6.10 Å². The summed E-state index contributed by atoms with van der Waals surface area (Å²) in [7, 11) is 0. The average molecular weight is 317 g/mol. The van der Waals surface area contributed by atoms with Gasteiger partial charge in [0.25, 0.3) is 0 Å². The Labute approximate surface area is 124 Å². The number of hydrogen-bond acceptors (Lipinski definition) is 3. The topological polar surface area (TPSA) is 66.8 Å². The van der Waals surface area contributed by atoms with Crippen molar-refractivity contribution >= 4 is 11.9 Å². The molecule has 1 saturated heterocycles. The van der Waals surface area contributed by atoms with E-state index in [0.29, 0.717) is 0 Å². The van der Waals surface area contributed by atoms with Crippen molar-refractivity contribution in [3.8, 4) is 0 Å². The summed E-state index contributed by atoms with van der Waals surface area (Å²) in [6.45, 7) is 0.208. The van der Waals surface area contributed by atoms with E-state index in [9.17, 15) is 22.8 Å². The van der Waals surface area contributed by atoms with Gasteiger partial charge in [-0.25, -0.2) is 4.79 Å². The lowest BCUT2D eigenvalue weighted by molar-refractivity contribution is -0.159. The molecule has 8 heteroatoms. The summed E-state index contributed by atoms with van der Waals surface area (Å²) in [5.41, 5.74) is -0.582. The molecule has 1 amide bonds. The number of nitrogens with zero attached hydrogens (tertiary/aromatic N) is 1. The first-order valence-electron chi connectivity index (χ1n) is 6.55. The Morgan fingerprint density at radius 3 is 2.73 bits per heavy atom. The fraction of sp³-hybridized carbons (Fsp3) is 0.429. The van der Waals surface area contributed by atoms with Gasteiger partial charge in [0.05, 0.1) is 25.1 Å². The van der Waals surface area contributed by atoms with E-state index in [1.54, 1.807) is 0 Å². The maximum absolute atomic E-state index is 12.6. The summed E-state index contributed by atoms with van der Waals surface area (Å²) in [6, 6.07) is 4.53. The molecule has 2 rings (SSSR count). The Hall–Kier alpha value is -2.09. The standard InChI is InChI=1S/C14H14F3NO4/c15-14(16,17)10-3-1-2-9(6-10)7-12(19)18-4-5-22-11(8-18)13(20)21/h1-3,6,11H,4-5,7-8H2,(H,20,21)/t11-/m1/s1. The number of carbonyl (C=O) groups is 2. The number of aliphatic carboxylic acids is 1. The van der Waals surface area contributed by atoms with Crippen molar-refractivity contribution in [3.63, 3.8) is 0 Å². The van der Waals surface area contributed by atoms with Gasteiger partial charge in [0, 0.05) is 6.54 Å².